The van der Waals surface area contributed by atoms with E-state index in [9.17, 15) is 0 Å². The van der Waals surface area contributed by atoms with Gasteiger partial charge in [-0.15, -0.1) is 0 Å². The zero-order valence-corrected chi connectivity index (χ0v) is 10.2. The van der Waals surface area contributed by atoms with Gasteiger partial charge in [0.05, 0.1) is 0 Å². The average molecular weight is 229 g/mol. The molecule has 0 amide bonds. The molecule has 0 saturated carbocycles. The summed E-state index contributed by atoms with van der Waals surface area (Å²) in [6, 6.07) is 0. The summed E-state index contributed by atoms with van der Waals surface area (Å²) >= 11 is 0. The monoisotopic (exact) mass is 229 g/mol. The fourth-order valence-electron chi connectivity index (χ4n) is 1.29. The molecule has 0 bridgehead atoms. The van der Waals surface area contributed by atoms with Gasteiger partial charge in [-0.1, -0.05) is 0 Å². The van der Waals surface area contributed by atoms with Crippen LogP contribution >= 0.6 is 0 Å². The minimum Gasteiger partial charge on any atom is -0.330 e. The van der Waals surface area contributed by atoms with Crippen LogP contribution in [0.2, 0.25) is 0 Å². The van der Waals surface area contributed by atoms with Crippen molar-refractivity contribution in [1.82, 2.24) is 16.0 Å². The summed E-state index contributed by atoms with van der Waals surface area (Å²) in [4.78, 5) is 0. The van der Waals surface area contributed by atoms with Crippen LogP contribution in [0, 0.1) is 5.41 Å². The predicted octanol–water partition coefficient (Wildman–Crippen LogP) is -0.466. The molecule has 96 valence electrons. The number of hydrogen-bond acceptors (Lipinski definition) is 5. The van der Waals surface area contributed by atoms with E-state index in [0.717, 1.165) is 65.1 Å². The van der Waals surface area contributed by atoms with Gasteiger partial charge in [-0.05, 0) is 51.7 Å². The largest absolute Gasteiger partial charge is 0.330 e. The number of hydrogen-bond donors (Lipinski definition) is 5. The molecule has 6 N–H and O–H groups in total. The Morgan fingerprint density at radius 2 is 1.38 bits per heavy atom. The summed E-state index contributed by atoms with van der Waals surface area (Å²) in [5, 5.41) is 16.8. The molecule has 0 aromatic heterocycles. The summed E-state index contributed by atoms with van der Waals surface area (Å²) < 4.78 is 0. The molecule has 0 rings (SSSR count). The molecule has 5 heteroatoms. The topological polar surface area (TPSA) is 86.0 Å². The van der Waals surface area contributed by atoms with Gasteiger partial charge in [0, 0.05) is 19.6 Å². The first-order chi connectivity index (χ1) is 7.91. The molecule has 5 nitrogen and oxygen atoms in total. The van der Waals surface area contributed by atoms with Gasteiger partial charge in [0.15, 0.2) is 0 Å². The Labute approximate surface area is 99.1 Å². The van der Waals surface area contributed by atoms with Crippen molar-refractivity contribution in [3.63, 3.8) is 0 Å². The molecular weight excluding hydrogens is 202 g/mol. The van der Waals surface area contributed by atoms with E-state index in [1.54, 1.807) is 0 Å². The van der Waals surface area contributed by atoms with Gasteiger partial charge >= 0.3 is 0 Å². The van der Waals surface area contributed by atoms with Gasteiger partial charge in [0.25, 0.3) is 0 Å². The fourth-order valence-corrected chi connectivity index (χ4v) is 1.29. The molecule has 0 heterocycles. The highest BCUT2D eigenvalue weighted by atomic mass is 14.9. The van der Waals surface area contributed by atoms with Crippen molar-refractivity contribution >= 4 is 6.21 Å². The normalized spacial score (nSPS) is 10.6. The van der Waals surface area contributed by atoms with Crippen molar-refractivity contribution in [1.29, 1.82) is 5.41 Å². The molecule has 0 saturated heterocycles. The van der Waals surface area contributed by atoms with Crippen LogP contribution in [-0.2, 0) is 0 Å². The van der Waals surface area contributed by atoms with E-state index >= 15 is 0 Å². The van der Waals surface area contributed by atoms with Crippen LogP contribution < -0.4 is 21.7 Å². The Balaban J connectivity index is 2.85. The molecule has 0 aliphatic carbocycles. The summed E-state index contributed by atoms with van der Waals surface area (Å²) in [7, 11) is 0. The summed E-state index contributed by atoms with van der Waals surface area (Å²) in [6.07, 6.45) is 4.47. The van der Waals surface area contributed by atoms with Gasteiger partial charge in [0.1, 0.15) is 0 Å². The first kappa shape index (κ1) is 15.5. The Hall–Kier alpha value is -0.490. The molecule has 0 aromatic rings. The highest BCUT2D eigenvalue weighted by Gasteiger charge is 1.89. The maximum atomic E-state index is 6.85. The van der Waals surface area contributed by atoms with Crippen LogP contribution in [0.1, 0.15) is 19.3 Å². The van der Waals surface area contributed by atoms with Crippen LogP contribution in [0.3, 0.4) is 0 Å². The van der Waals surface area contributed by atoms with Crippen LogP contribution in [0.15, 0.2) is 0 Å². The van der Waals surface area contributed by atoms with Crippen molar-refractivity contribution in [3.05, 3.63) is 0 Å². The first-order valence-corrected chi connectivity index (χ1v) is 6.23. The van der Waals surface area contributed by atoms with E-state index < -0.39 is 0 Å². The Bertz CT molecular complexity index is 140. The van der Waals surface area contributed by atoms with E-state index in [2.05, 4.69) is 16.0 Å². The van der Waals surface area contributed by atoms with Crippen LogP contribution in [0.5, 0.6) is 0 Å². The van der Waals surface area contributed by atoms with E-state index in [4.69, 9.17) is 11.1 Å². The molecule has 0 aliphatic heterocycles. The summed E-state index contributed by atoms with van der Waals surface area (Å²) in [5.41, 5.74) is 5.38. The molecule has 0 unspecified atom stereocenters. The van der Waals surface area contributed by atoms with Gasteiger partial charge in [0.2, 0.25) is 0 Å². The van der Waals surface area contributed by atoms with Crippen molar-refractivity contribution in [3.8, 4) is 0 Å². The van der Waals surface area contributed by atoms with Gasteiger partial charge in [-0.2, -0.15) is 0 Å². The van der Waals surface area contributed by atoms with Gasteiger partial charge in [-0.3, -0.25) is 0 Å². The molecule has 16 heavy (non-hydrogen) atoms. The Morgan fingerprint density at radius 1 is 0.812 bits per heavy atom. The molecule has 0 aliphatic rings. The third-order valence-corrected chi connectivity index (χ3v) is 2.21. The fraction of sp³-hybridized carbons (Fsp3) is 0.909. The van der Waals surface area contributed by atoms with Gasteiger partial charge < -0.3 is 27.1 Å². The molecule has 0 atom stereocenters. The van der Waals surface area contributed by atoms with E-state index in [1.807, 2.05) is 0 Å². The van der Waals surface area contributed by atoms with Crippen LogP contribution in [-0.4, -0.2) is 52.0 Å². The van der Waals surface area contributed by atoms with Crippen molar-refractivity contribution in [2.45, 2.75) is 19.3 Å². The second-order valence-corrected chi connectivity index (χ2v) is 3.74. The molecule has 0 aromatic carbocycles. The highest BCUT2D eigenvalue weighted by Crippen LogP contribution is 1.75. The van der Waals surface area contributed by atoms with Crippen molar-refractivity contribution in [2.75, 3.05) is 45.8 Å². The molecule has 0 spiro atoms. The number of rotatable bonds is 13. The number of nitrogens with one attached hydrogen (secondary N) is 4. The van der Waals surface area contributed by atoms with Crippen LogP contribution in [0.25, 0.3) is 0 Å². The van der Waals surface area contributed by atoms with E-state index in [-0.39, 0.29) is 0 Å². The zero-order chi connectivity index (χ0) is 11.9. The SMILES string of the molecule is N=CCCNCCCNCCNCCCN. The lowest BCUT2D eigenvalue weighted by molar-refractivity contribution is 0.571. The second kappa shape index (κ2) is 14.5. The minimum atomic E-state index is 0.766. The van der Waals surface area contributed by atoms with Crippen molar-refractivity contribution in [2.24, 2.45) is 5.73 Å². The molecular formula is C11H27N5. The Kier molecular flexibility index (Phi) is 14.1. The molecule has 0 fully saturated rings. The maximum absolute atomic E-state index is 6.85. The first-order valence-electron chi connectivity index (χ1n) is 6.23. The predicted molar refractivity (Wildman–Crippen MR) is 70.3 cm³/mol. The lowest BCUT2D eigenvalue weighted by Gasteiger charge is -2.06. The lowest BCUT2D eigenvalue weighted by atomic mass is 10.4. The smallest absolute Gasteiger partial charge is 0.00767 e. The zero-order valence-electron chi connectivity index (χ0n) is 10.2. The van der Waals surface area contributed by atoms with E-state index in [1.165, 1.54) is 6.21 Å². The average Bonchev–Trinajstić information content (AvgIpc) is 2.31. The highest BCUT2D eigenvalue weighted by molar-refractivity contribution is 5.52. The van der Waals surface area contributed by atoms with Crippen molar-refractivity contribution < 1.29 is 0 Å². The standard InChI is InChI=1S/C11H27N5/c12-4-1-6-14-8-3-9-16-11-10-15-7-2-5-13/h4,12,14-16H,1-3,5-11,13H2. The third kappa shape index (κ3) is 13.5. The minimum absolute atomic E-state index is 0.766. The summed E-state index contributed by atoms with van der Waals surface area (Å²) in [5.74, 6) is 0. The quantitative estimate of drug-likeness (QED) is 0.218. The van der Waals surface area contributed by atoms with Gasteiger partial charge in [-0.25, -0.2) is 0 Å². The summed E-state index contributed by atoms with van der Waals surface area (Å²) in [6.45, 7) is 6.82. The van der Waals surface area contributed by atoms with E-state index in [0.29, 0.717) is 0 Å². The maximum Gasteiger partial charge on any atom is 0.00767 e. The molecule has 0 radical (unpaired) electrons. The Morgan fingerprint density at radius 3 is 1.94 bits per heavy atom. The number of nitrogens with two attached hydrogens (primary N) is 1. The van der Waals surface area contributed by atoms with Crippen LogP contribution in [0.4, 0.5) is 0 Å². The second-order valence-electron chi connectivity index (χ2n) is 3.74. The third-order valence-electron chi connectivity index (χ3n) is 2.21. The lowest BCUT2D eigenvalue weighted by Crippen LogP contribution is -2.30.